The van der Waals surface area contributed by atoms with Crippen molar-refractivity contribution in [3.8, 4) is 0 Å². The van der Waals surface area contributed by atoms with E-state index < -0.39 is 11.9 Å². The second kappa shape index (κ2) is 10.00. The molecule has 1 heterocycles. The lowest BCUT2D eigenvalue weighted by Crippen LogP contribution is -2.17. The van der Waals surface area contributed by atoms with Gasteiger partial charge in [0, 0.05) is 5.69 Å². The Morgan fingerprint density at radius 1 is 0.966 bits per heavy atom. The summed E-state index contributed by atoms with van der Waals surface area (Å²) in [6.07, 6.45) is 0. The molecule has 3 aromatic rings. The number of benzene rings is 2. The summed E-state index contributed by atoms with van der Waals surface area (Å²) in [5.74, 6) is -0.847. The van der Waals surface area contributed by atoms with E-state index in [1.807, 2.05) is 36.4 Å². The van der Waals surface area contributed by atoms with Crippen molar-refractivity contribution in [2.45, 2.75) is 6.73 Å². The molecule has 0 bridgehead atoms. The molecule has 0 aliphatic heterocycles. The highest BCUT2D eigenvalue weighted by Gasteiger charge is 2.18. The van der Waals surface area contributed by atoms with Crippen molar-refractivity contribution in [3.05, 3.63) is 72.1 Å². The van der Waals surface area contributed by atoms with E-state index >= 15 is 0 Å². The first kappa shape index (κ1) is 20.0. The molecule has 0 fully saturated rings. The standard InChI is InChI=1S/C20H20N4O5/c1-27-19(26)17-22-20(21-16-10-6-3-7-11-16)23-24(17)14-28-12-13-29-18(25)15-8-4-2-5-9-15/h2-11H,12-14H2,1H3,(H,21,23). The highest BCUT2D eigenvalue weighted by atomic mass is 16.6. The molecule has 0 aliphatic carbocycles. The van der Waals surface area contributed by atoms with Crippen LogP contribution in [0.2, 0.25) is 0 Å². The van der Waals surface area contributed by atoms with E-state index in [1.165, 1.54) is 11.8 Å². The molecule has 0 unspecified atom stereocenters. The summed E-state index contributed by atoms with van der Waals surface area (Å²) in [7, 11) is 1.26. The zero-order valence-corrected chi connectivity index (χ0v) is 15.8. The molecule has 1 N–H and O–H groups in total. The van der Waals surface area contributed by atoms with Gasteiger partial charge in [0.15, 0.2) is 0 Å². The Morgan fingerprint density at radius 3 is 2.34 bits per heavy atom. The number of rotatable bonds is 9. The zero-order valence-electron chi connectivity index (χ0n) is 15.8. The Labute approximate surface area is 167 Å². The van der Waals surface area contributed by atoms with Crippen molar-refractivity contribution in [1.29, 1.82) is 0 Å². The van der Waals surface area contributed by atoms with E-state index in [-0.39, 0.29) is 31.7 Å². The number of methoxy groups -OCH3 is 1. The molecule has 3 rings (SSSR count). The molecular weight excluding hydrogens is 376 g/mol. The molecule has 150 valence electrons. The summed E-state index contributed by atoms with van der Waals surface area (Å²) in [6.45, 7) is 0.127. The van der Waals surface area contributed by atoms with Crippen molar-refractivity contribution in [1.82, 2.24) is 14.8 Å². The smallest absolute Gasteiger partial charge is 0.375 e. The molecule has 2 aromatic carbocycles. The number of para-hydroxylation sites is 1. The topological polar surface area (TPSA) is 105 Å². The van der Waals surface area contributed by atoms with Crippen LogP contribution >= 0.6 is 0 Å². The predicted octanol–water partition coefficient (Wildman–Crippen LogP) is 2.64. The maximum absolute atomic E-state index is 11.9. The maximum Gasteiger partial charge on any atom is 0.375 e. The number of carbonyl (C=O) groups is 2. The molecule has 0 spiro atoms. The van der Waals surface area contributed by atoms with Crippen molar-refractivity contribution in [2.24, 2.45) is 0 Å². The summed E-state index contributed by atoms with van der Waals surface area (Å²) >= 11 is 0. The fourth-order valence-electron chi connectivity index (χ4n) is 2.38. The lowest BCUT2D eigenvalue weighted by molar-refractivity contribution is 0.0129. The monoisotopic (exact) mass is 396 g/mol. The van der Waals surface area contributed by atoms with Crippen LogP contribution in [0.5, 0.6) is 0 Å². The van der Waals surface area contributed by atoms with Crippen molar-refractivity contribution >= 4 is 23.6 Å². The number of aromatic nitrogens is 3. The number of hydrogen-bond acceptors (Lipinski definition) is 8. The van der Waals surface area contributed by atoms with E-state index in [1.54, 1.807) is 24.3 Å². The Balaban J connectivity index is 1.53. The van der Waals surface area contributed by atoms with E-state index in [4.69, 9.17) is 14.2 Å². The summed E-state index contributed by atoms with van der Waals surface area (Å²) in [6, 6.07) is 18.0. The minimum absolute atomic E-state index is 0.00721. The number of hydrogen-bond donors (Lipinski definition) is 1. The van der Waals surface area contributed by atoms with Crippen molar-refractivity contribution in [2.75, 3.05) is 25.6 Å². The van der Waals surface area contributed by atoms with Gasteiger partial charge in [0.05, 0.1) is 19.3 Å². The normalized spacial score (nSPS) is 10.4. The van der Waals surface area contributed by atoms with Crippen LogP contribution in [0.15, 0.2) is 60.7 Å². The molecule has 0 aliphatic rings. The van der Waals surface area contributed by atoms with Crippen LogP contribution in [0.25, 0.3) is 0 Å². The summed E-state index contributed by atoms with van der Waals surface area (Å²) in [4.78, 5) is 27.9. The van der Waals surface area contributed by atoms with Gasteiger partial charge in [-0.25, -0.2) is 14.3 Å². The van der Waals surface area contributed by atoms with Gasteiger partial charge in [-0.1, -0.05) is 36.4 Å². The zero-order chi connectivity index (χ0) is 20.5. The third-order valence-corrected chi connectivity index (χ3v) is 3.75. The van der Waals surface area contributed by atoms with Crippen molar-refractivity contribution < 1.29 is 23.8 Å². The summed E-state index contributed by atoms with van der Waals surface area (Å²) in [5, 5.41) is 7.22. The average molecular weight is 396 g/mol. The lowest BCUT2D eigenvalue weighted by atomic mass is 10.2. The minimum Gasteiger partial charge on any atom is -0.463 e. The lowest BCUT2D eigenvalue weighted by Gasteiger charge is -2.07. The number of nitrogens with zero attached hydrogens (tertiary/aromatic N) is 3. The van der Waals surface area contributed by atoms with Gasteiger partial charge in [-0.2, -0.15) is 4.98 Å². The van der Waals surface area contributed by atoms with Gasteiger partial charge in [0.2, 0.25) is 11.8 Å². The highest BCUT2D eigenvalue weighted by Crippen LogP contribution is 2.13. The Kier molecular flexibility index (Phi) is 6.90. The summed E-state index contributed by atoms with van der Waals surface area (Å²) < 4.78 is 16.6. The largest absolute Gasteiger partial charge is 0.463 e. The quantitative estimate of drug-likeness (QED) is 0.435. The van der Waals surface area contributed by atoms with E-state index in [9.17, 15) is 9.59 Å². The van der Waals surface area contributed by atoms with Crippen LogP contribution in [0.3, 0.4) is 0 Å². The SMILES string of the molecule is COC(=O)c1nc(Nc2ccccc2)nn1COCCOC(=O)c1ccccc1. The Bertz CT molecular complexity index is 944. The molecule has 9 nitrogen and oxygen atoms in total. The van der Waals surface area contributed by atoms with Gasteiger partial charge < -0.3 is 19.5 Å². The molecule has 0 radical (unpaired) electrons. The number of anilines is 2. The minimum atomic E-state index is -0.641. The van der Waals surface area contributed by atoms with Crippen LogP contribution < -0.4 is 5.32 Å². The predicted molar refractivity (Wildman–Crippen MR) is 104 cm³/mol. The average Bonchev–Trinajstić information content (AvgIpc) is 3.16. The number of nitrogens with one attached hydrogen (secondary N) is 1. The molecule has 29 heavy (non-hydrogen) atoms. The molecule has 0 saturated heterocycles. The molecule has 0 atom stereocenters. The van der Waals surface area contributed by atoms with Gasteiger partial charge in [-0.05, 0) is 24.3 Å². The van der Waals surface area contributed by atoms with Crippen LogP contribution in [0, 0.1) is 0 Å². The molecule has 0 amide bonds. The van der Waals surface area contributed by atoms with Crippen molar-refractivity contribution in [3.63, 3.8) is 0 Å². The molecule has 9 heteroatoms. The molecule has 0 saturated carbocycles. The number of ether oxygens (including phenoxy) is 3. The first-order chi connectivity index (χ1) is 14.2. The highest BCUT2D eigenvalue weighted by molar-refractivity contribution is 5.89. The molecular formula is C20H20N4O5. The van der Waals surface area contributed by atoms with Crippen LogP contribution in [-0.4, -0.2) is 47.0 Å². The third kappa shape index (κ3) is 5.63. The number of carbonyl (C=O) groups excluding carboxylic acids is 2. The summed E-state index contributed by atoms with van der Waals surface area (Å²) in [5.41, 5.74) is 1.24. The maximum atomic E-state index is 11.9. The third-order valence-electron chi connectivity index (χ3n) is 3.75. The van der Waals surface area contributed by atoms with Gasteiger partial charge in [-0.15, -0.1) is 5.10 Å². The fourth-order valence-corrected chi connectivity index (χ4v) is 2.38. The van der Waals surface area contributed by atoms with E-state index in [2.05, 4.69) is 15.4 Å². The van der Waals surface area contributed by atoms with E-state index in [0.717, 1.165) is 5.69 Å². The van der Waals surface area contributed by atoms with Gasteiger partial charge in [0.1, 0.15) is 13.3 Å². The molecule has 1 aromatic heterocycles. The Hall–Kier alpha value is -3.72. The van der Waals surface area contributed by atoms with Gasteiger partial charge in [0.25, 0.3) is 0 Å². The fraction of sp³-hybridized carbons (Fsp3) is 0.200. The first-order valence-corrected chi connectivity index (χ1v) is 8.82. The van der Waals surface area contributed by atoms with Crippen LogP contribution in [0.4, 0.5) is 11.6 Å². The second-order valence-electron chi connectivity index (χ2n) is 5.78. The number of esters is 2. The first-order valence-electron chi connectivity index (χ1n) is 8.82. The van der Waals surface area contributed by atoms with Crippen LogP contribution in [-0.2, 0) is 20.9 Å². The van der Waals surface area contributed by atoms with Gasteiger partial charge in [-0.3, -0.25) is 0 Å². The van der Waals surface area contributed by atoms with Gasteiger partial charge >= 0.3 is 11.9 Å². The van der Waals surface area contributed by atoms with E-state index in [0.29, 0.717) is 5.56 Å². The van der Waals surface area contributed by atoms with Crippen LogP contribution in [0.1, 0.15) is 21.0 Å². The second-order valence-corrected chi connectivity index (χ2v) is 5.78. The Morgan fingerprint density at radius 2 is 1.66 bits per heavy atom.